The molecule has 0 N–H and O–H groups in total. The van der Waals surface area contributed by atoms with E-state index in [1.165, 1.54) is 59.2 Å². The smallest absolute Gasteiger partial charge is 0.137 e. The highest BCUT2D eigenvalue weighted by atomic mass is 16.3. The van der Waals surface area contributed by atoms with Gasteiger partial charge in [0.05, 0.1) is 5.69 Å². The molecule has 2 nitrogen and oxygen atoms in total. The SMILES string of the molecule is c1ccc(-c2ccc(N(c3ccc4c(c3)oc3ccccc34)c3cccc4c3-c3ccccc3C43CC4CCC3C4)cc2)cc1. The van der Waals surface area contributed by atoms with E-state index in [9.17, 15) is 0 Å². The van der Waals surface area contributed by atoms with Crippen LogP contribution in [0.25, 0.3) is 44.2 Å². The molecule has 2 saturated carbocycles. The Kier molecular flexibility index (Phi) is 5.31. The molecule has 2 heteroatoms. The van der Waals surface area contributed by atoms with E-state index < -0.39 is 0 Å². The second-order valence-corrected chi connectivity index (χ2v) is 13.3. The standard InChI is InChI=1S/C43H33NO/c1-2-9-29(10-3-1)30-18-21-32(22-19-30)44(33-23-24-35-34-11-5-7-16-40(34)45-41(35)26-33)39-15-8-14-38-42(39)36-12-4-6-13-37(36)43(38)27-28-17-20-31(43)25-28/h1-16,18-19,21-24,26,28,31H,17,20,25,27H2. The van der Waals surface area contributed by atoms with Crippen molar-refractivity contribution < 1.29 is 4.42 Å². The predicted molar refractivity (Wildman–Crippen MR) is 186 cm³/mol. The minimum atomic E-state index is 0.135. The lowest BCUT2D eigenvalue weighted by Gasteiger charge is -2.37. The average Bonchev–Trinajstić information content (AvgIpc) is 3.87. The molecule has 216 valence electrons. The number of benzene rings is 6. The molecule has 0 radical (unpaired) electrons. The van der Waals surface area contributed by atoms with Crippen LogP contribution < -0.4 is 4.90 Å². The first kappa shape index (κ1) is 25.3. The number of hydrogen-bond acceptors (Lipinski definition) is 2. The van der Waals surface area contributed by atoms with Crippen molar-refractivity contribution in [2.24, 2.45) is 11.8 Å². The molecular weight excluding hydrogens is 546 g/mol. The summed E-state index contributed by atoms with van der Waals surface area (Å²) in [5.41, 5.74) is 13.8. The van der Waals surface area contributed by atoms with E-state index >= 15 is 0 Å². The lowest BCUT2D eigenvalue weighted by atomic mass is 9.67. The van der Waals surface area contributed by atoms with Gasteiger partial charge in [0.15, 0.2) is 0 Å². The van der Waals surface area contributed by atoms with Crippen LogP contribution in [0, 0.1) is 11.8 Å². The van der Waals surface area contributed by atoms with Crippen molar-refractivity contribution in [2.45, 2.75) is 31.1 Å². The van der Waals surface area contributed by atoms with Gasteiger partial charge in [0.25, 0.3) is 0 Å². The summed E-state index contributed by atoms with van der Waals surface area (Å²) < 4.78 is 6.42. The Morgan fingerprint density at radius 2 is 1.31 bits per heavy atom. The molecule has 6 aromatic carbocycles. The molecule has 3 unspecified atom stereocenters. The molecule has 2 fully saturated rings. The van der Waals surface area contributed by atoms with Crippen LogP contribution in [-0.2, 0) is 5.41 Å². The van der Waals surface area contributed by atoms with Gasteiger partial charge >= 0.3 is 0 Å². The Morgan fingerprint density at radius 1 is 0.578 bits per heavy atom. The number of hydrogen-bond donors (Lipinski definition) is 0. The third kappa shape index (κ3) is 3.57. The van der Waals surface area contributed by atoms with Gasteiger partial charge in [-0.2, -0.15) is 0 Å². The molecule has 1 spiro atoms. The fraction of sp³-hybridized carbons (Fsp3) is 0.163. The van der Waals surface area contributed by atoms with Gasteiger partial charge in [-0.15, -0.1) is 0 Å². The van der Waals surface area contributed by atoms with Crippen molar-refractivity contribution in [3.05, 3.63) is 151 Å². The number of anilines is 3. The van der Waals surface area contributed by atoms with Crippen LogP contribution in [0.1, 0.15) is 36.8 Å². The van der Waals surface area contributed by atoms with Gasteiger partial charge in [-0.1, -0.05) is 103 Å². The number of fused-ring (bicyclic) bond motifs is 11. The quantitative estimate of drug-likeness (QED) is 0.206. The predicted octanol–water partition coefficient (Wildman–Crippen LogP) is 11.8. The summed E-state index contributed by atoms with van der Waals surface area (Å²) in [5, 5.41) is 2.31. The van der Waals surface area contributed by atoms with Crippen molar-refractivity contribution >= 4 is 39.0 Å². The number of para-hydroxylation sites is 1. The first-order valence-corrected chi connectivity index (χ1v) is 16.4. The molecule has 3 atom stereocenters. The summed E-state index contributed by atoms with van der Waals surface area (Å²) in [6.45, 7) is 0. The Labute approximate surface area is 263 Å². The molecule has 3 aliphatic carbocycles. The summed E-state index contributed by atoms with van der Waals surface area (Å²) >= 11 is 0. The largest absolute Gasteiger partial charge is 0.456 e. The van der Waals surface area contributed by atoms with Gasteiger partial charge in [0.2, 0.25) is 0 Å². The van der Waals surface area contributed by atoms with Gasteiger partial charge < -0.3 is 9.32 Å². The summed E-state index contributed by atoms with van der Waals surface area (Å²) in [7, 11) is 0. The van der Waals surface area contributed by atoms with Crippen LogP contribution in [-0.4, -0.2) is 0 Å². The topological polar surface area (TPSA) is 16.4 Å². The third-order valence-corrected chi connectivity index (χ3v) is 11.1. The van der Waals surface area contributed by atoms with Crippen molar-refractivity contribution in [2.75, 3.05) is 4.90 Å². The monoisotopic (exact) mass is 579 g/mol. The van der Waals surface area contributed by atoms with Crippen LogP contribution >= 0.6 is 0 Å². The summed E-state index contributed by atoms with van der Waals surface area (Å²) in [4.78, 5) is 2.46. The highest BCUT2D eigenvalue weighted by Crippen LogP contribution is 2.67. The fourth-order valence-corrected chi connectivity index (χ4v) is 9.32. The number of furan rings is 1. The van der Waals surface area contributed by atoms with Gasteiger partial charge in [0.1, 0.15) is 11.2 Å². The lowest BCUT2D eigenvalue weighted by molar-refractivity contribution is 0.327. The zero-order chi connectivity index (χ0) is 29.5. The Bertz CT molecular complexity index is 2240. The number of rotatable bonds is 4. The molecule has 10 rings (SSSR count). The van der Waals surface area contributed by atoms with Crippen molar-refractivity contribution in [3.63, 3.8) is 0 Å². The van der Waals surface area contributed by atoms with Crippen LogP contribution in [0.2, 0.25) is 0 Å². The normalized spacial score (nSPS) is 21.1. The molecule has 7 aromatic rings. The number of nitrogens with zero attached hydrogens (tertiary/aromatic N) is 1. The van der Waals surface area contributed by atoms with E-state index in [-0.39, 0.29) is 5.41 Å². The van der Waals surface area contributed by atoms with Gasteiger partial charge in [0, 0.05) is 39.2 Å². The minimum Gasteiger partial charge on any atom is -0.456 e. The van der Waals surface area contributed by atoms with E-state index in [0.29, 0.717) is 0 Å². The second kappa shape index (κ2) is 9.46. The maximum Gasteiger partial charge on any atom is 0.137 e. The average molecular weight is 580 g/mol. The first-order chi connectivity index (χ1) is 22.3. The lowest BCUT2D eigenvalue weighted by Crippen LogP contribution is -2.31. The van der Waals surface area contributed by atoms with Crippen LogP contribution in [0.4, 0.5) is 17.1 Å². The molecule has 45 heavy (non-hydrogen) atoms. The Morgan fingerprint density at radius 3 is 2.16 bits per heavy atom. The van der Waals surface area contributed by atoms with Crippen LogP contribution in [0.5, 0.6) is 0 Å². The first-order valence-electron chi connectivity index (χ1n) is 16.4. The van der Waals surface area contributed by atoms with Crippen LogP contribution in [0.3, 0.4) is 0 Å². The highest BCUT2D eigenvalue weighted by Gasteiger charge is 2.57. The van der Waals surface area contributed by atoms with Gasteiger partial charge in [-0.05, 0) is 95.3 Å². The molecule has 1 aromatic heterocycles. The van der Waals surface area contributed by atoms with E-state index in [1.807, 2.05) is 6.07 Å². The van der Waals surface area contributed by atoms with E-state index in [1.54, 1.807) is 5.56 Å². The van der Waals surface area contributed by atoms with E-state index in [2.05, 4.69) is 138 Å². The maximum absolute atomic E-state index is 6.42. The molecule has 3 aliphatic rings. The van der Waals surface area contributed by atoms with E-state index in [4.69, 9.17) is 4.42 Å². The van der Waals surface area contributed by atoms with Crippen LogP contribution in [0.15, 0.2) is 144 Å². The Hall–Kier alpha value is -5.08. The Balaban J connectivity index is 1.21. The van der Waals surface area contributed by atoms with Crippen molar-refractivity contribution in [1.29, 1.82) is 0 Å². The fourth-order valence-electron chi connectivity index (χ4n) is 9.32. The molecular formula is C43H33NO. The van der Waals surface area contributed by atoms with Gasteiger partial charge in [-0.3, -0.25) is 0 Å². The van der Waals surface area contributed by atoms with Gasteiger partial charge in [-0.25, -0.2) is 0 Å². The second-order valence-electron chi connectivity index (χ2n) is 13.3. The zero-order valence-electron chi connectivity index (χ0n) is 25.1. The molecule has 0 saturated heterocycles. The third-order valence-electron chi connectivity index (χ3n) is 11.1. The molecule has 1 heterocycles. The summed E-state index contributed by atoms with van der Waals surface area (Å²) in [6, 6.07) is 51.1. The van der Waals surface area contributed by atoms with Crippen molar-refractivity contribution in [1.82, 2.24) is 0 Å². The highest BCUT2D eigenvalue weighted by molar-refractivity contribution is 6.06. The molecule has 2 bridgehead atoms. The van der Waals surface area contributed by atoms with Crippen molar-refractivity contribution in [3.8, 4) is 22.3 Å². The minimum absolute atomic E-state index is 0.135. The molecule has 0 amide bonds. The maximum atomic E-state index is 6.42. The summed E-state index contributed by atoms with van der Waals surface area (Å²) in [6.07, 6.45) is 5.38. The van der Waals surface area contributed by atoms with E-state index in [0.717, 1.165) is 45.1 Å². The summed E-state index contributed by atoms with van der Waals surface area (Å²) in [5.74, 6) is 1.57. The molecule has 0 aliphatic heterocycles. The zero-order valence-corrected chi connectivity index (χ0v) is 25.1.